The molecule has 1 aromatic rings. The van der Waals surface area contributed by atoms with E-state index in [1.165, 1.54) is 15.6 Å². The van der Waals surface area contributed by atoms with Crippen molar-refractivity contribution in [3.63, 3.8) is 0 Å². The third kappa shape index (κ3) is 3.33. The predicted molar refractivity (Wildman–Crippen MR) is 79.2 cm³/mol. The summed E-state index contributed by atoms with van der Waals surface area (Å²) in [4.78, 5) is 1.18. The molecule has 0 fully saturated rings. The van der Waals surface area contributed by atoms with Crippen LogP contribution in [0.15, 0.2) is 14.7 Å². The quantitative estimate of drug-likeness (QED) is 0.854. The van der Waals surface area contributed by atoms with Crippen LogP contribution in [-0.2, 0) is 16.6 Å². The molecule has 0 amide bonds. The summed E-state index contributed by atoms with van der Waals surface area (Å²) >= 11 is 4.68. The molecule has 0 aliphatic carbocycles. The molecule has 0 spiro atoms. The lowest BCUT2D eigenvalue weighted by Gasteiger charge is -2.23. The molecule has 0 aromatic carbocycles. The average molecular weight is 355 g/mol. The van der Waals surface area contributed by atoms with Crippen LogP contribution in [-0.4, -0.2) is 25.8 Å². The summed E-state index contributed by atoms with van der Waals surface area (Å²) in [7, 11) is -1.81. The molecule has 104 valence electrons. The SMILES string of the molecule is CCCC(C)N(C)S(=O)(=O)c1cc(CN)sc1Br. The first-order chi connectivity index (χ1) is 8.34. The largest absolute Gasteiger partial charge is 0.326 e. The van der Waals surface area contributed by atoms with Crippen molar-refractivity contribution >= 4 is 37.3 Å². The number of hydrogen-bond donors (Lipinski definition) is 1. The molecule has 0 saturated heterocycles. The molecule has 0 bridgehead atoms. The van der Waals surface area contributed by atoms with Crippen molar-refractivity contribution in [1.29, 1.82) is 0 Å². The zero-order chi connectivity index (χ0) is 13.9. The number of nitrogens with two attached hydrogens (primary N) is 1. The van der Waals surface area contributed by atoms with Crippen molar-refractivity contribution in [2.45, 2.75) is 44.2 Å². The Hall–Kier alpha value is 0.0500. The number of thiophene rings is 1. The zero-order valence-electron chi connectivity index (χ0n) is 10.8. The standard InChI is InChI=1S/C11H19BrN2O2S2/c1-4-5-8(2)14(3)18(15,16)10-6-9(7-13)17-11(10)12/h6,8H,4-5,7,13H2,1-3H3. The molecule has 0 saturated carbocycles. The molecule has 1 atom stereocenters. The summed E-state index contributed by atoms with van der Waals surface area (Å²) in [6.45, 7) is 4.32. The van der Waals surface area contributed by atoms with Gasteiger partial charge in [-0.2, -0.15) is 4.31 Å². The normalized spacial score (nSPS) is 14.1. The second-order valence-corrected chi connectivity index (χ2v) is 8.63. The van der Waals surface area contributed by atoms with Crippen LogP contribution in [0.1, 0.15) is 31.6 Å². The molecule has 1 heterocycles. The summed E-state index contributed by atoms with van der Waals surface area (Å²) in [6, 6.07) is 1.65. The van der Waals surface area contributed by atoms with Gasteiger partial charge in [0.15, 0.2) is 0 Å². The maximum absolute atomic E-state index is 12.5. The number of halogens is 1. The molecule has 18 heavy (non-hydrogen) atoms. The molecular formula is C11H19BrN2O2S2. The zero-order valence-corrected chi connectivity index (χ0v) is 14.0. The Kier molecular flexibility index (Phi) is 5.79. The number of sulfonamides is 1. The van der Waals surface area contributed by atoms with Crippen molar-refractivity contribution in [2.75, 3.05) is 7.05 Å². The van der Waals surface area contributed by atoms with Gasteiger partial charge in [-0.1, -0.05) is 13.3 Å². The van der Waals surface area contributed by atoms with Gasteiger partial charge in [-0.25, -0.2) is 8.42 Å². The van der Waals surface area contributed by atoms with Crippen LogP contribution in [0.25, 0.3) is 0 Å². The van der Waals surface area contributed by atoms with E-state index in [0.717, 1.165) is 17.7 Å². The van der Waals surface area contributed by atoms with Crippen molar-refractivity contribution in [1.82, 2.24) is 4.31 Å². The summed E-state index contributed by atoms with van der Waals surface area (Å²) in [5.74, 6) is 0. The van der Waals surface area contributed by atoms with E-state index in [2.05, 4.69) is 15.9 Å². The molecule has 0 aliphatic heterocycles. The molecule has 0 radical (unpaired) electrons. The van der Waals surface area contributed by atoms with Gasteiger partial charge in [-0.15, -0.1) is 11.3 Å². The van der Waals surface area contributed by atoms with Crippen molar-refractivity contribution < 1.29 is 8.42 Å². The van der Waals surface area contributed by atoms with E-state index < -0.39 is 10.0 Å². The number of nitrogens with zero attached hydrogens (tertiary/aromatic N) is 1. The van der Waals surface area contributed by atoms with Crippen LogP contribution in [0.5, 0.6) is 0 Å². The van der Waals surface area contributed by atoms with Gasteiger partial charge in [0.05, 0.1) is 3.79 Å². The fourth-order valence-corrected chi connectivity index (χ4v) is 5.57. The highest BCUT2D eigenvalue weighted by molar-refractivity contribution is 9.11. The van der Waals surface area contributed by atoms with Gasteiger partial charge in [0, 0.05) is 24.5 Å². The third-order valence-electron chi connectivity index (χ3n) is 2.89. The summed E-state index contributed by atoms with van der Waals surface area (Å²) in [5.41, 5.74) is 5.54. The van der Waals surface area contributed by atoms with Gasteiger partial charge in [-0.3, -0.25) is 0 Å². The molecule has 1 unspecified atom stereocenters. The Labute approximate surface area is 121 Å². The van der Waals surface area contributed by atoms with Gasteiger partial charge in [0.25, 0.3) is 0 Å². The fourth-order valence-electron chi connectivity index (χ4n) is 1.67. The minimum absolute atomic E-state index is 0.00636. The van der Waals surface area contributed by atoms with Crippen LogP contribution < -0.4 is 5.73 Å². The first-order valence-corrected chi connectivity index (χ1v) is 8.85. The minimum atomic E-state index is -3.44. The van der Waals surface area contributed by atoms with Gasteiger partial charge in [-0.05, 0) is 35.3 Å². The molecule has 7 heteroatoms. The van der Waals surface area contributed by atoms with E-state index in [4.69, 9.17) is 5.73 Å². The molecule has 1 rings (SSSR count). The molecular weight excluding hydrogens is 336 g/mol. The van der Waals surface area contributed by atoms with Gasteiger partial charge < -0.3 is 5.73 Å². The Morgan fingerprint density at radius 3 is 2.61 bits per heavy atom. The highest BCUT2D eigenvalue weighted by Crippen LogP contribution is 2.33. The van der Waals surface area contributed by atoms with Crippen LogP contribution in [0.3, 0.4) is 0 Å². The van der Waals surface area contributed by atoms with E-state index >= 15 is 0 Å². The summed E-state index contributed by atoms with van der Waals surface area (Å²) < 4.78 is 27.0. The Balaban J connectivity index is 3.08. The lowest BCUT2D eigenvalue weighted by molar-refractivity contribution is 0.368. The lowest BCUT2D eigenvalue weighted by Crippen LogP contribution is -2.34. The number of rotatable bonds is 6. The molecule has 0 aliphatic rings. The Morgan fingerprint density at radius 2 is 2.17 bits per heavy atom. The smallest absolute Gasteiger partial charge is 0.245 e. The predicted octanol–water partition coefficient (Wildman–Crippen LogP) is 2.78. The van der Waals surface area contributed by atoms with Crippen molar-refractivity contribution in [2.24, 2.45) is 5.73 Å². The highest BCUT2D eigenvalue weighted by atomic mass is 79.9. The van der Waals surface area contributed by atoms with E-state index in [1.807, 2.05) is 13.8 Å². The highest BCUT2D eigenvalue weighted by Gasteiger charge is 2.28. The third-order valence-corrected chi connectivity index (χ3v) is 7.14. The van der Waals surface area contributed by atoms with Crippen LogP contribution in [0.2, 0.25) is 0 Å². The summed E-state index contributed by atoms with van der Waals surface area (Å²) in [5, 5.41) is 0. The van der Waals surface area contributed by atoms with Crippen molar-refractivity contribution in [3.8, 4) is 0 Å². The first-order valence-electron chi connectivity index (χ1n) is 5.80. The topological polar surface area (TPSA) is 63.4 Å². The van der Waals surface area contributed by atoms with E-state index in [-0.39, 0.29) is 6.04 Å². The van der Waals surface area contributed by atoms with Crippen LogP contribution >= 0.6 is 27.3 Å². The second-order valence-electron chi connectivity index (χ2n) is 4.21. The maximum atomic E-state index is 12.5. The summed E-state index contributed by atoms with van der Waals surface area (Å²) in [6.07, 6.45) is 1.81. The van der Waals surface area contributed by atoms with E-state index in [1.54, 1.807) is 13.1 Å². The average Bonchev–Trinajstić information content (AvgIpc) is 2.70. The second kappa shape index (κ2) is 6.47. The molecule has 1 aromatic heterocycles. The van der Waals surface area contributed by atoms with Crippen LogP contribution in [0, 0.1) is 0 Å². The fraction of sp³-hybridized carbons (Fsp3) is 0.636. The van der Waals surface area contributed by atoms with Gasteiger partial charge in [0.1, 0.15) is 4.90 Å². The van der Waals surface area contributed by atoms with Crippen molar-refractivity contribution in [3.05, 3.63) is 14.7 Å². The van der Waals surface area contributed by atoms with Gasteiger partial charge in [0.2, 0.25) is 10.0 Å². The lowest BCUT2D eigenvalue weighted by atomic mass is 10.2. The molecule has 4 nitrogen and oxygen atoms in total. The van der Waals surface area contributed by atoms with E-state index in [9.17, 15) is 8.42 Å². The maximum Gasteiger partial charge on any atom is 0.245 e. The number of hydrogen-bond acceptors (Lipinski definition) is 4. The monoisotopic (exact) mass is 354 g/mol. The minimum Gasteiger partial charge on any atom is -0.326 e. The Bertz CT molecular complexity index is 499. The molecule has 2 N–H and O–H groups in total. The first kappa shape index (κ1) is 16.1. The Morgan fingerprint density at radius 1 is 1.56 bits per heavy atom. The van der Waals surface area contributed by atoms with E-state index in [0.29, 0.717) is 15.2 Å². The van der Waals surface area contributed by atoms with Crippen LogP contribution in [0.4, 0.5) is 0 Å². The van der Waals surface area contributed by atoms with Gasteiger partial charge >= 0.3 is 0 Å².